The van der Waals surface area contributed by atoms with Gasteiger partial charge in [0.1, 0.15) is 18.5 Å². The monoisotopic (exact) mass is 352 g/mol. The van der Waals surface area contributed by atoms with E-state index in [1.165, 1.54) is 43.6 Å². The van der Waals surface area contributed by atoms with Crippen LogP contribution in [0, 0.1) is 11.8 Å². The van der Waals surface area contributed by atoms with Crippen LogP contribution < -0.4 is 0 Å². The fourth-order valence-corrected chi connectivity index (χ4v) is 6.90. The first kappa shape index (κ1) is 14.2. The van der Waals surface area contributed by atoms with Gasteiger partial charge >= 0.3 is 0 Å². The molecule has 4 fully saturated rings. The molecule has 0 spiro atoms. The lowest BCUT2D eigenvalue weighted by Gasteiger charge is -2.62. The standard InChI is InChI=1S/C18H20N6S/c1-2-23(16(20-1)15-8-22-25-9-15)17-4-13-3-14(5-17)7-18(6-13,10-17)24-12-19-11-21-24/h1-2,8-9,11-14H,3-7,10H2. The van der Waals surface area contributed by atoms with Crippen LogP contribution in [0.25, 0.3) is 11.4 Å². The van der Waals surface area contributed by atoms with E-state index in [-0.39, 0.29) is 11.1 Å². The van der Waals surface area contributed by atoms with Crippen molar-refractivity contribution >= 4 is 11.5 Å². The van der Waals surface area contributed by atoms with E-state index in [0.717, 1.165) is 29.6 Å². The average molecular weight is 352 g/mol. The quantitative estimate of drug-likeness (QED) is 0.725. The van der Waals surface area contributed by atoms with Gasteiger partial charge in [-0.3, -0.25) is 0 Å². The Bertz CT molecular complexity index is 882. The normalized spacial score (nSPS) is 36.2. The van der Waals surface area contributed by atoms with Crippen molar-refractivity contribution in [3.63, 3.8) is 0 Å². The molecule has 2 unspecified atom stereocenters. The maximum Gasteiger partial charge on any atom is 0.142 e. The molecule has 3 heterocycles. The van der Waals surface area contributed by atoms with Gasteiger partial charge in [0.05, 0.1) is 11.7 Å². The minimum Gasteiger partial charge on any atom is -0.325 e. The number of rotatable bonds is 3. The predicted molar refractivity (Wildman–Crippen MR) is 94.0 cm³/mol. The third-order valence-electron chi connectivity index (χ3n) is 6.75. The van der Waals surface area contributed by atoms with Gasteiger partial charge in [-0.1, -0.05) is 0 Å². The molecule has 0 aromatic carbocycles. The molecule has 3 aromatic heterocycles. The molecular weight excluding hydrogens is 332 g/mol. The molecule has 25 heavy (non-hydrogen) atoms. The van der Waals surface area contributed by atoms with Gasteiger partial charge in [-0.15, -0.1) is 0 Å². The highest BCUT2D eigenvalue weighted by Gasteiger charge is 2.60. The largest absolute Gasteiger partial charge is 0.325 e. The summed E-state index contributed by atoms with van der Waals surface area (Å²) in [5, 5.41) is 6.67. The third kappa shape index (κ3) is 1.90. The molecule has 4 bridgehead atoms. The van der Waals surface area contributed by atoms with Crippen LogP contribution in [-0.4, -0.2) is 28.7 Å². The van der Waals surface area contributed by atoms with E-state index in [2.05, 4.69) is 35.3 Å². The summed E-state index contributed by atoms with van der Waals surface area (Å²) in [7, 11) is 0. The van der Waals surface area contributed by atoms with Crippen molar-refractivity contribution < 1.29 is 0 Å². The zero-order chi connectivity index (χ0) is 16.5. The maximum absolute atomic E-state index is 4.70. The molecule has 4 aliphatic rings. The zero-order valence-electron chi connectivity index (χ0n) is 14.0. The van der Waals surface area contributed by atoms with Crippen molar-refractivity contribution in [2.24, 2.45) is 11.8 Å². The molecule has 2 atom stereocenters. The van der Waals surface area contributed by atoms with Crippen LogP contribution in [0.2, 0.25) is 0 Å². The van der Waals surface area contributed by atoms with E-state index in [0.29, 0.717) is 0 Å². The van der Waals surface area contributed by atoms with Crippen LogP contribution >= 0.6 is 11.5 Å². The van der Waals surface area contributed by atoms with Crippen molar-refractivity contribution in [1.29, 1.82) is 0 Å². The first-order valence-electron chi connectivity index (χ1n) is 9.05. The molecule has 128 valence electrons. The fourth-order valence-electron chi connectivity index (χ4n) is 6.38. The van der Waals surface area contributed by atoms with Gasteiger partial charge < -0.3 is 4.57 Å². The number of hydrogen-bond acceptors (Lipinski definition) is 5. The molecule has 0 radical (unpaired) electrons. The molecule has 0 amide bonds. The summed E-state index contributed by atoms with van der Waals surface area (Å²) in [4.78, 5) is 8.95. The van der Waals surface area contributed by atoms with Crippen LogP contribution in [-0.2, 0) is 11.1 Å². The number of hydrogen-bond donors (Lipinski definition) is 0. The van der Waals surface area contributed by atoms with Crippen LogP contribution in [0.5, 0.6) is 0 Å². The van der Waals surface area contributed by atoms with Crippen LogP contribution in [0.15, 0.2) is 36.6 Å². The highest BCUT2D eigenvalue weighted by molar-refractivity contribution is 7.03. The van der Waals surface area contributed by atoms with E-state index >= 15 is 0 Å². The highest BCUT2D eigenvalue weighted by atomic mass is 32.1. The molecule has 7 rings (SSSR count). The second-order valence-electron chi connectivity index (χ2n) is 8.28. The van der Waals surface area contributed by atoms with Crippen molar-refractivity contribution in [1.82, 2.24) is 28.7 Å². The Morgan fingerprint density at radius 2 is 1.96 bits per heavy atom. The van der Waals surface area contributed by atoms with Crippen LogP contribution in [0.1, 0.15) is 38.5 Å². The number of aromatic nitrogens is 6. The minimum absolute atomic E-state index is 0.134. The van der Waals surface area contributed by atoms with Crippen molar-refractivity contribution in [3.8, 4) is 11.4 Å². The first-order chi connectivity index (χ1) is 12.3. The summed E-state index contributed by atoms with van der Waals surface area (Å²) in [5.74, 6) is 2.63. The summed E-state index contributed by atoms with van der Waals surface area (Å²) in [6.45, 7) is 0. The van der Waals surface area contributed by atoms with E-state index in [1.54, 1.807) is 6.33 Å². The average Bonchev–Trinajstić information content (AvgIpc) is 3.34. The van der Waals surface area contributed by atoms with Crippen molar-refractivity contribution in [3.05, 3.63) is 36.6 Å². The molecular formula is C18H20N6S. The lowest BCUT2D eigenvalue weighted by molar-refractivity contribution is -0.0968. The Morgan fingerprint density at radius 3 is 2.68 bits per heavy atom. The van der Waals surface area contributed by atoms with E-state index in [1.807, 2.05) is 18.7 Å². The van der Waals surface area contributed by atoms with Gasteiger partial charge in [0, 0.05) is 28.9 Å². The minimum atomic E-state index is 0.134. The molecule has 0 aliphatic heterocycles. The van der Waals surface area contributed by atoms with Gasteiger partial charge in [-0.25, -0.2) is 19.0 Å². The van der Waals surface area contributed by atoms with Gasteiger partial charge in [-0.05, 0) is 61.9 Å². The Labute approximate surface area is 150 Å². The van der Waals surface area contributed by atoms with E-state index in [4.69, 9.17) is 4.98 Å². The fraction of sp³-hybridized carbons (Fsp3) is 0.556. The maximum atomic E-state index is 4.70. The number of imidazole rings is 1. The SMILES string of the molecule is c1cn(C23CC4CC(CC(n5cncn5)(C4)C2)C3)c(-c2cnsc2)n1. The molecule has 3 aromatic rings. The van der Waals surface area contributed by atoms with Crippen molar-refractivity contribution in [2.75, 3.05) is 0 Å². The predicted octanol–water partition coefficient (Wildman–Crippen LogP) is 3.30. The Morgan fingerprint density at radius 1 is 1.12 bits per heavy atom. The summed E-state index contributed by atoms with van der Waals surface area (Å²) >= 11 is 1.50. The summed E-state index contributed by atoms with van der Waals surface area (Å²) in [6.07, 6.45) is 17.2. The lowest BCUT2D eigenvalue weighted by Crippen LogP contribution is -2.60. The number of nitrogens with zero attached hydrogens (tertiary/aromatic N) is 6. The molecule has 7 heteroatoms. The van der Waals surface area contributed by atoms with Gasteiger partial charge in [-0.2, -0.15) is 5.10 Å². The lowest BCUT2D eigenvalue weighted by atomic mass is 9.49. The molecule has 6 nitrogen and oxygen atoms in total. The van der Waals surface area contributed by atoms with Crippen LogP contribution in [0.4, 0.5) is 0 Å². The van der Waals surface area contributed by atoms with Gasteiger partial charge in [0.25, 0.3) is 0 Å². The van der Waals surface area contributed by atoms with Crippen LogP contribution in [0.3, 0.4) is 0 Å². The third-order valence-corrected chi connectivity index (χ3v) is 7.33. The van der Waals surface area contributed by atoms with E-state index < -0.39 is 0 Å². The molecule has 0 N–H and O–H groups in total. The second kappa shape index (κ2) is 4.78. The van der Waals surface area contributed by atoms with Crippen molar-refractivity contribution in [2.45, 2.75) is 49.6 Å². The Hall–Kier alpha value is -2.02. The molecule has 0 saturated heterocycles. The van der Waals surface area contributed by atoms with Gasteiger partial charge in [0.2, 0.25) is 0 Å². The molecule has 4 saturated carbocycles. The van der Waals surface area contributed by atoms with E-state index in [9.17, 15) is 0 Å². The second-order valence-corrected chi connectivity index (χ2v) is 8.94. The highest BCUT2D eigenvalue weighted by Crippen LogP contribution is 2.63. The summed E-state index contributed by atoms with van der Waals surface area (Å²) in [5.41, 5.74) is 1.43. The zero-order valence-corrected chi connectivity index (χ0v) is 14.8. The van der Waals surface area contributed by atoms with Gasteiger partial charge in [0.15, 0.2) is 0 Å². The molecule has 4 aliphatic carbocycles. The Balaban J connectivity index is 1.49. The summed E-state index contributed by atoms with van der Waals surface area (Å²) < 4.78 is 8.93. The Kier molecular flexibility index (Phi) is 2.71. The smallest absolute Gasteiger partial charge is 0.142 e. The first-order valence-corrected chi connectivity index (χ1v) is 9.89. The summed E-state index contributed by atoms with van der Waals surface area (Å²) in [6, 6.07) is 0. The topological polar surface area (TPSA) is 61.4 Å².